The van der Waals surface area contributed by atoms with Gasteiger partial charge in [0.15, 0.2) is 5.82 Å². The number of hydrogen-bond donors (Lipinski definition) is 2. The minimum atomic E-state index is -0.957. The number of nitrogens with zero attached hydrogens (tertiary/aromatic N) is 3. The lowest BCUT2D eigenvalue weighted by atomic mass is 10.1. The number of fused-ring (bicyclic) bond motifs is 2. The number of nitrogens with one attached hydrogen (secondary N) is 1. The number of H-pyrrole nitrogens is 1. The van der Waals surface area contributed by atoms with Crippen LogP contribution in [0.2, 0.25) is 0 Å². The smallest absolute Gasteiger partial charge is 0.335 e. The number of benzene rings is 2. The summed E-state index contributed by atoms with van der Waals surface area (Å²) in [6.45, 7) is 3.13. The maximum Gasteiger partial charge on any atom is 0.335 e. The summed E-state index contributed by atoms with van der Waals surface area (Å²) in [5.41, 5.74) is 4.47. The van der Waals surface area contributed by atoms with Gasteiger partial charge in [0.1, 0.15) is 5.69 Å². The first-order valence-corrected chi connectivity index (χ1v) is 9.49. The molecule has 0 aliphatic carbocycles. The van der Waals surface area contributed by atoms with Crippen LogP contribution >= 0.6 is 0 Å². The molecule has 6 nitrogen and oxygen atoms in total. The van der Waals surface area contributed by atoms with E-state index >= 15 is 0 Å². The van der Waals surface area contributed by atoms with Crippen molar-refractivity contribution in [2.75, 3.05) is 11.4 Å². The van der Waals surface area contributed by atoms with E-state index in [1.165, 1.54) is 0 Å². The van der Waals surface area contributed by atoms with Crippen molar-refractivity contribution in [3.05, 3.63) is 54.2 Å². The fourth-order valence-electron chi connectivity index (χ4n) is 4.02. The molecule has 0 amide bonds. The third kappa shape index (κ3) is 2.69. The average Bonchev–Trinajstić information content (AvgIpc) is 3.34. The van der Waals surface area contributed by atoms with Crippen LogP contribution in [0.15, 0.2) is 48.7 Å². The lowest BCUT2D eigenvalue weighted by Gasteiger charge is -2.25. The Labute approximate surface area is 161 Å². The van der Waals surface area contributed by atoms with E-state index in [2.05, 4.69) is 35.0 Å². The third-order valence-electron chi connectivity index (χ3n) is 5.54. The van der Waals surface area contributed by atoms with E-state index in [0.29, 0.717) is 17.1 Å². The molecule has 2 aromatic heterocycles. The van der Waals surface area contributed by atoms with Crippen molar-refractivity contribution in [3.8, 4) is 11.3 Å². The Hall–Kier alpha value is -3.41. The highest BCUT2D eigenvalue weighted by atomic mass is 16.4. The van der Waals surface area contributed by atoms with Crippen molar-refractivity contribution >= 4 is 33.7 Å². The largest absolute Gasteiger partial charge is 0.478 e. The zero-order chi connectivity index (χ0) is 19.3. The number of carboxylic acid groups (broad SMARTS) is 1. The van der Waals surface area contributed by atoms with E-state index in [9.17, 15) is 9.90 Å². The van der Waals surface area contributed by atoms with Crippen molar-refractivity contribution in [2.45, 2.75) is 25.8 Å². The normalized spacial score (nSPS) is 16.9. The first kappa shape index (κ1) is 16.7. The predicted molar refractivity (Wildman–Crippen MR) is 110 cm³/mol. The number of aromatic carboxylic acids is 1. The molecule has 1 aliphatic rings. The van der Waals surface area contributed by atoms with E-state index in [1.54, 1.807) is 18.2 Å². The molecule has 0 saturated carbocycles. The molecule has 0 spiro atoms. The van der Waals surface area contributed by atoms with Crippen LogP contribution in [0.5, 0.6) is 0 Å². The van der Waals surface area contributed by atoms with E-state index in [-0.39, 0.29) is 5.56 Å². The Kier molecular flexibility index (Phi) is 3.79. The van der Waals surface area contributed by atoms with Gasteiger partial charge in [0, 0.05) is 35.2 Å². The number of aromatic nitrogens is 3. The Bertz CT molecular complexity index is 1210. The summed E-state index contributed by atoms with van der Waals surface area (Å²) >= 11 is 0. The lowest BCUT2D eigenvalue weighted by molar-refractivity contribution is 0.0697. The molecule has 1 aliphatic heterocycles. The van der Waals surface area contributed by atoms with Crippen LogP contribution < -0.4 is 4.90 Å². The quantitative estimate of drug-likeness (QED) is 0.555. The Morgan fingerprint density at radius 1 is 1.14 bits per heavy atom. The fraction of sp³-hybridized carbons (Fsp3) is 0.227. The first-order valence-electron chi connectivity index (χ1n) is 9.49. The van der Waals surface area contributed by atoms with Crippen LogP contribution in [0.25, 0.3) is 33.2 Å². The maximum atomic E-state index is 11.4. The molecule has 1 saturated heterocycles. The molecule has 4 aromatic rings. The van der Waals surface area contributed by atoms with Gasteiger partial charge in [-0.1, -0.05) is 6.07 Å². The minimum absolute atomic E-state index is 0.226. The van der Waals surface area contributed by atoms with E-state index in [1.807, 2.05) is 12.3 Å². The van der Waals surface area contributed by atoms with Gasteiger partial charge in [-0.2, -0.15) is 0 Å². The Morgan fingerprint density at radius 2 is 2.04 bits per heavy atom. The first-order chi connectivity index (χ1) is 13.6. The number of aromatic amines is 1. The SMILES string of the molecule is CC1CCCN1c1nc2cc(C(=O)O)ccc2nc1-c1ccc2[nH]ccc2c1. The molecular weight excluding hydrogens is 352 g/mol. The zero-order valence-corrected chi connectivity index (χ0v) is 15.5. The summed E-state index contributed by atoms with van der Waals surface area (Å²) in [5, 5.41) is 10.4. The van der Waals surface area contributed by atoms with Gasteiger partial charge in [0.25, 0.3) is 0 Å². The molecule has 140 valence electrons. The summed E-state index contributed by atoms with van der Waals surface area (Å²) in [7, 11) is 0. The minimum Gasteiger partial charge on any atom is -0.478 e. The highest BCUT2D eigenvalue weighted by Gasteiger charge is 2.26. The van der Waals surface area contributed by atoms with Gasteiger partial charge in [-0.25, -0.2) is 14.8 Å². The molecule has 2 N–H and O–H groups in total. The molecule has 1 fully saturated rings. The average molecular weight is 372 g/mol. The van der Waals surface area contributed by atoms with Gasteiger partial charge >= 0.3 is 5.97 Å². The summed E-state index contributed by atoms with van der Waals surface area (Å²) < 4.78 is 0. The van der Waals surface area contributed by atoms with Gasteiger partial charge in [0.05, 0.1) is 16.6 Å². The number of carbonyl (C=O) groups is 1. The third-order valence-corrected chi connectivity index (χ3v) is 5.54. The molecule has 1 unspecified atom stereocenters. The topological polar surface area (TPSA) is 82.1 Å². The van der Waals surface area contributed by atoms with Gasteiger partial charge < -0.3 is 15.0 Å². The molecule has 3 heterocycles. The standard InChI is InChI=1S/C22H20N4O2/c1-13-3-2-10-26(13)21-20(15-4-6-17-14(11-15)8-9-23-17)24-18-7-5-16(22(27)28)12-19(18)25-21/h4-9,11-13,23H,2-3,10H2,1H3,(H,27,28). The second-order valence-electron chi connectivity index (χ2n) is 7.37. The highest BCUT2D eigenvalue weighted by molar-refractivity contribution is 5.94. The molecule has 2 aromatic carbocycles. The second-order valence-corrected chi connectivity index (χ2v) is 7.37. The van der Waals surface area contributed by atoms with Gasteiger partial charge in [0.2, 0.25) is 0 Å². The molecule has 1 atom stereocenters. The fourth-order valence-corrected chi connectivity index (χ4v) is 4.02. The van der Waals surface area contributed by atoms with Crippen molar-refractivity contribution in [1.82, 2.24) is 15.0 Å². The van der Waals surface area contributed by atoms with Gasteiger partial charge in [-0.05, 0) is 56.2 Å². The molecule has 0 radical (unpaired) electrons. The molecular formula is C22H20N4O2. The van der Waals surface area contributed by atoms with Crippen LogP contribution in [0.1, 0.15) is 30.1 Å². The van der Waals surface area contributed by atoms with E-state index in [0.717, 1.165) is 47.4 Å². The molecule has 6 heteroatoms. The van der Waals surface area contributed by atoms with Crippen molar-refractivity contribution in [1.29, 1.82) is 0 Å². The summed E-state index contributed by atoms with van der Waals surface area (Å²) in [4.78, 5) is 26.7. The number of hydrogen-bond acceptors (Lipinski definition) is 4. The molecule has 0 bridgehead atoms. The molecule has 5 rings (SSSR count). The molecule has 28 heavy (non-hydrogen) atoms. The van der Waals surface area contributed by atoms with Crippen LogP contribution in [-0.2, 0) is 0 Å². The Morgan fingerprint density at radius 3 is 2.82 bits per heavy atom. The Balaban J connectivity index is 1.75. The predicted octanol–water partition coefficient (Wildman–Crippen LogP) is 4.47. The number of anilines is 1. The zero-order valence-electron chi connectivity index (χ0n) is 15.5. The summed E-state index contributed by atoms with van der Waals surface area (Å²) in [5.74, 6) is -0.128. The summed E-state index contributed by atoms with van der Waals surface area (Å²) in [6, 6.07) is 13.6. The van der Waals surface area contributed by atoms with Crippen LogP contribution in [0.3, 0.4) is 0 Å². The van der Waals surface area contributed by atoms with Crippen LogP contribution in [0, 0.1) is 0 Å². The number of carboxylic acids is 1. The summed E-state index contributed by atoms with van der Waals surface area (Å²) in [6.07, 6.45) is 4.16. The van der Waals surface area contributed by atoms with Gasteiger partial charge in [-0.15, -0.1) is 0 Å². The van der Waals surface area contributed by atoms with E-state index < -0.39 is 5.97 Å². The van der Waals surface area contributed by atoms with Crippen LogP contribution in [0.4, 0.5) is 5.82 Å². The lowest BCUT2D eigenvalue weighted by Crippen LogP contribution is -2.28. The monoisotopic (exact) mass is 372 g/mol. The highest BCUT2D eigenvalue weighted by Crippen LogP contribution is 2.35. The van der Waals surface area contributed by atoms with E-state index in [4.69, 9.17) is 9.97 Å². The van der Waals surface area contributed by atoms with Gasteiger partial charge in [-0.3, -0.25) is 0 Å². The number of rotatable bonds is 3. The second kappa shape index (κ2) is 6.34. The van der Waals surface area contributed by atoms with Crippen LogP contribution in [-0.4, -0.2) is 38.6 Å². The maximum absolute atomic E-state index is 11.4. The van der Waals surface area contributed by atoms with Crippen molar-refractivity contribution in [2.24, 2.45) is 0 Å². The van der Waals surface area contributed by atoms with Crippen molar-refractivity contribution < 1.29 is 9.90 Å². The van der Waals surface area contributed by atoms with Crippen molar-refractivity contribution in [3.63, 3.8) is 0 Å².